The molecular weight excluding hydrogens is 406 g/mol. The van der Waals surface area contributed by atoms with Gasteiger partial charge < -0.3 is 10.4 Å². The van der Waals surface area contributed by atoms with Gasteiger partial charge in [-0.05, 0) is 48.2 Å². The van der Waals surface area contributed by atoms with E-state index < -0.39 is 0 Å². The molecule has 0 saturated carbocycles. The highest BCUT2D eigenvalue weighted by Crippen LogP contribution is 2.29. The smallest absolute Gasteiger partial charge is 0.257 e. The number of pyridine rings is 1. The SMILES string of the molecule is Cc1ccc(C2CC(c3c(Cc4ccccc4)c4cc(Cl)ccc4[nH]c3=O)=NN2)cc1. The minimum absolute atomic E-state index is 0.0506. The molecule has 3 aromatic carbocycles. The Kier molecular flexibility index (Phi) is 5.08. The van der Waals surface area contributed by atoms with Gasteiger partial charge in [-0.1, -0.05) is 71.8 Å². The number of hydrazone groups is 1. The van der Waals surface area contributed by atoms with E-state index in [2.05, 4.69) is 58.8 Å². The summed E-state index contributed by atoms with van der Waals surface area (Å²) in [4.78, 5) is 16.2. The molecule has 1 aliphatic rings. The molecule has 5 heteroatoms. The largest absolute Gasteiger partial charge is 0.321 e. The normalized spacial score (nSPS) is 15.7. The van der Waals surface area contributed by atoms with Gasteiger partial charge in [0.1, 0.15) is 0 Å². The number of aryl methyl sites for hydroxylation is 1. The van der Waals surface area contributed by atoms with E-state index in [4.69, 9.17) is 11.6 Å². The van der Waals surface area contributed by atoms with E-state index in [1.807, 2.05) is 30.3 Å². The summed E-state index contributed by atoms with van der Waals surface area (Å²) < 4.78 is 0. The molecule has 0 saturated heterocycles. The summed E-state index contributed by atoms with van der Waals surface area (Å²) >= 11 is 6.33. The first-order valence-corrected chi connectivity index (χ1v) is 10.7. The molecular formula is C26H22ClN3O. The van der Waals surface area contributed by atoms with Crippen LogP contribution in [0.25, 0.3) is 10.9 Å². The first-order chi connectivity index (χ1) is 15.1. The van der Waals surface area contributed by atoms with Crippen LogP contribution in [0.4, 0.5) is 0 Å². The molecule has 2 heterocycles. The van der Waals surface area contributed by atoms with Gasteiger partial charge in [0.2, 0.25) is 0 Å². The van der Waals surface area contributed by atoms with Crippen LogP contribution in [0, 0.1) is 6.92 Å². The molecule has 1 aromatic heterocycles. The van der Waals surface area contributed by atoms with Crippen molar-refractivity contribution in [2.24, 2.45) is 5.10 Å². The highest BCUT2D eigenvalue weighted by Gasteiger charge is 2.26. The standard InChI is InChI=1S/C26H22ClN3O/c1-16-7-9-18(10-8-16)23-15-24(30-29-23)25-21(13-17-5-3-2-4-6-17)20-14-19(27)11-12-22(20)28-26(25)31/h2-12,14,23,29H,13,15H2,1H3,(H,28,31). The fourth-order valence-corrected chi connectivity index (χ4v) is 4.38. The van der Waals surface area contributed by atoms with Gasteiger partial charge in [-0.3, -0.25) is 4.79 Å². The van der Waals surface area contributed by atoms with E-state index in [-0.39, 0.29) is 11.6 Å². The van der Waals surface area contributed by atoms with Crippen molar-refractivity contribution >= 4 is 28.2 Å². The lowest BCUT2D eigenvalue weighted by atomic mass is 9.91. The van der Waals surface area contributed by atoms with Crippen molar-refractivity contribution in [2.45, 2.75) is 25.8 Å². The topological polar surface area (TPSA) is 57.2 Å². The molecule has 0 amide bonds. The van der Waals surface area contributed by atoms with Crippen molar-refractivity contribution in [3.05, 3.63) is 116 Å². The zero-order valence-electron chi connectivity index (χ0n) is 17.2. The molecule has 2 N–H and O–H groups in total. The van der Waals surface area contributed by atoms with Gasteiger partial charge in [0.15, 0.2) is 0 Å². The third kappa shape index (κ3) is 3.87. The van der Waals surface area contributed by atoms with Crippen LogP contribution in [0.1, 0.15) is 40.3 Å². The zero-order chi connectivity index (χ0) is 21.4. The Hall–Kier alpha value is -3.37. The van der Waals surface area contributed by atoms with Crippen molar-refractivity contribution < 1.29 is 0 Å². The van der Waals surface area contributed by atoms with Crippen LogP contribution in [0.3, 0.4) is 0 Å². The molecule has 154 valence electrons. The summed E-state index contributed by atoms with van der Waals surface area (Å²) in [7, 11) is 0. The number of aromatic nitrogens is 1. The number of aromatic amines is 1. The number of rotatable bonds is 4. The maximum absolute atomic E-state index is 13.2. The predicted octanol–water partition coefficient (Wildman–Crippen LogP) is 5.52. The van der Waals surface area contributed by atoms with Gasteiger partial charge in [0.25, 0.3) is 5.56 Å². The molecule has 31 heavy (non-hydrogen) atoms. The molecule has 1 unspecified atom stereocenters. The lowest BCUT2D eigenvalue weighted by molar-refractivity contribution is 0.620. The third-order valence-electron chi connectivity index (χ3n) is 5.83. The fourth-order valence-electron chi connectivity index (χ4n) is 4.21. The first-order valence-electron chi connectivity index (χ1n) is 10.4. The van der Waals surface area contributed by atoms with Crippen molar-refractivity contribution in [2.75, 3.05) is 0 Å². The molecule has 5 rings (SSSR count). The maximum Gasteiger partial charge on any atom is 0.257 e. The minimum atomic E-state index is -0.120. The number of H-pyrrole nitrogens is 1. The molecule has 0 bridgehead atoms. The average molecular weight is 428 g/mol. The number of hydrogen-bond donors (Lipinski definition) is 2. The van der Waals surface area contributed by atoms with Crippen LogP contribution >= 0.6 is 11.6 Å². The Morgan fingerprint density at radius 3 is 2.58 bits per heavy atom. The Balaban J connectivity index is 1.61. The number of nitrogens with one attached hydrogen (secondary N) is 2. The van der Waals surface area contributed by atoms with E-state index >= 15 is 0 Å². The second kappa shape index (κ2) is 8.05. The summed E-state index contributed by atoms with van der Waals surface area (Å²) in [6, 6.07) is 24.2. The van der Waals surface area contributed by atoms with Crippen LogP contribution in [0.15, 0.2) is 82.7 Å². The Labute approximate surface area is 185 Å². The highest BCUT2D eigenvalue weighted by molar-refractivity contribution is 6.31. The van der Waals surface area contributed by atoms with Crippen LogP contribution in [-0.4, -0.2) is 10.7 Å². The van der Waals surface area contributed by atoms with E-state index in [1.165, 1.54) is 5.56 Å². The second-order valence-corrected chi connectivity index (χ2v) is 8.45. The summed E-state index contributed by atoms with van der Waals surface area (Å²) in [5, 5.41) is 6.19. The molecule has 1 atom stereocenters. The molecule has 4 aromatic rings. The monoisotopic (exact) mass is 427 g/mol. The summed E-state index contributed by atoms with van der Waals surface area (Å²) in [5.74, 6) is 0. The number of nitrogens with zero attached hydrogens (tertiary/aromatic N) is 1. The van der Waals surface area contributed by atoms with Crippen molar-refractivity contribution in [3.63, 3.8) is 0 Å². The summed E-state index contributed by atoms with van der Waals surface area (Å²) in [6.07, 6.45) is 1.28. The lowest BCUT2D eigenvalue weighted by Gasteiger charge is -2.14. The number of hydrogen-bond acceptors (Lipinski definition) is 3. The molecule has 4 nitrogen and oxygen atoms in total. The fraction of sp³-hybridized carbons (Fsp3) is 0.154. The first kappa shape index (κ1) is 19.6. The van der Waals surface area contributed by atoms with Crippen molar-refractivity contribution in [1.29, 1.82) is 0 Å². The molecule has 1 aliphatic heterocycles. The Morgan fingerprint density at radius 1 is 1.03 bits per heavy atom. The van der Waals surface area contributed by atoms with Crippen LogP contribution in [-0.2, 0) is 6.42 Å². The minimum Gasteiger partial charge on any atom is -0.321 e. The van der Waals surface area contributed by atoms with Crippen molar-refractivity contribution in [3.8, 4) is 0 Å². The average Bonchev–Trinajstić information content (AvgIpc) is 3.25. The zero-order valence-corrected chi connectivity index (χ0v) is 17.9. The van der Waals surface area contributed by atoms with Gasteiger partial charge in [0.05, 0.1) is 17.3 Å². The van der Waals surface area contributed by atoms with Crippen LogP contribution in [0.5, 0.6) is 0 Å². The quantitative estimate of drug-likeness (QED) is 0.450. The van der Waals surface area contributed by atoms with Gasteiger partial charge in [0, 0.05) is 22.3 Å². The maximum atomic E-state index is 13.2. The highest BCUT2D eigenvalue weighted by atomic mass is 35.5. The van der Waals surface area contributed by atoms with Crippen molar-refractivity contribution in [1.82, 2.24) is 10.4 Å². The predicted molar refractivity (Wildman–Crippen MR) is 127 cm³/mol. The molecule has 0 spiro atoms. The molecule has 0 radical (unpaired) electrons. The van der Waals surface area contributed by atoms with Gasteiger partial charge in [-0.25, -0.2) is 0 Å². The number of halogens is 1. The Morgan fingerprint density at radius 2 is 1.81 bits per heavy atom. The number of fused-ring (bicyclic) bond motifs is 1. The van der Waals surface area contributed by atoms with Crippen LogP contribution in [0.2, 0.25) is 5.02 Å². The van der Waals surface area contributed by atoms with E-state index in [0.29, 0.717) is 23.4 Å². The number of benzene rings is 3. The van der Waals surface area contributed by atoms with Gasteiger partial charge in [-0.2, -0.15) is 5.10 Å². The molecule has 0 fully saturated rings. The lowest BCUT2D eigenvalue weighted by Crippen LogP contribution is -2.21. The van der Waals surface area contributed by atoms with E-state index in [0.717, 1.165) is 33.3 Å². The second-order valence-electron chi connectivity index (χ2n) is 8.01. The summed E-state index contributed by atoms with van der Waals surface area (Å²) in [6.45, 7) is 2.07. The molecule has 0 aliphatic carbocycles. The van der Waals surface area contributed by atoms with Gasteiger partial charge in [-0.15, -0.1) is 0 Å². The Bertz CT molecular complexity index is 1340. The summed E-state index contributed by atoms with van der Waals surface area (Å²) in [5.41, 5.74) is 9.78. The van der Waals surface area contributed by atoms with E-state index in [1.54, 1.807) is 6.07 Å². The third-order valence-corrected chi connectivity index (χ3v) is 6.06. The van der Waals surface area contributed by atoms with E-state index in [9.17, 15) is 4.79 Å². The van der Waals surface area contributed by atoms with Crippen LogP contribution < -0.4 is 11.0 Å². The van der Waals surface area contributed by atoms with Gasteiger partial charge >= 0.3 is 0 Å².